The third-order valence-electron chi connectivity index (χ3n) is 6.64. The smallest absolute Gasteiger partial charge is 0.208 e. The zero-order chi connectivity index (χ0) is 26.8. The van der Waals surface area contributed by atoms with Gasteiger partial charge in [0.25, 0.3) is 0 Å². The lowest BCUT2D eigenvalue weighted by molar-refractivity contribution is 0.329. The molecule has 6 N–H and O–H groups in total. The van der Waals surface area contributed by atoms with Gasteiger partial charge in [0, 0.05) is 23.0 Å². The molecule has 0 fully saturated rings. The molecule has 1 heterocycles. The molecule has 192 valence electrons. The molecule has 3 aromatic rings. The lowest BCUT2D eigenvalue weighted by Crippen LogP contribution is -2.28. The number of hydrogen-bond donors (Lipinski definition) is 6. The molecule has 38 heavy (non-hydrogen) atoms. The van der Waals surface area contributed by atoms with Crippen molar-refractivity contribution in [3.63, 3.8) is 0 Å². The zero-order valence-corrected chi connectivity index (χ0v) is 20.7. The highest BCUT2D eigenvalue weighted by molar-refractivity contribution is 5.88. The van der Waals surface area contributed by atoms with Crippen LogP contribution < -0.4 is 10.2 Å². The van der Waals surface area contributed by atoms with Crippen molar-refractivity contribution < 1.29 is 25.5 Å². The summed E-state index contributed by atoms with van der Waals surface area (Å²) in [5.74, 6) is -4.36. The van der Waals surface area contributed by atoms with Crippen molar-refractivity contribution in [1.82, 2.24) is 0 Å². The van der Waals surface area contributed by atoms with Crippen molar-refractivity contribution in [2.75, 3.05) is 10.2 Å². The molecule has 5 rings (SSSR count). The molecule has 2 aliphatic rings. The van der Waals surface area contributed by atoms with Crippen LogP contribution in [-0.2, 0) is 0 Å². The fraction of sp³-hybridized carbons (Fsp3) is 0.0968. The van der Waals surface area contributed by atoms with E-state index in [0.29, 0.717) is 5.69 Å². The van der Waals surface area contributed by atoms with E-state index >= 15 is 0 Å². The predicted octanol–water partition coefficient (Wildman–Crippen LogP) is 6.53. The number of rotatable bonds is 6. The minimum atomic E-state index is -0.987. The largest absolute Gasteiger partial charge is 0.503 e. The van der Waals surface area contributed by atoms with Crippen molar-refractivity contribution in [3.8, 4) is 28.7 Å². The number of phenols is 5. The van der Waals surface area contributed by atoms with Gasteiger partial charge in [-0.15, -0.1) is 0 Å². The van der Waals surface area contributed by atoms with Crippen molar-refractivity contribution in [2.45, 2.75) is 18.9 Å². The minimum Gasteiger partial charge on any atom is -0.503 e. The van der Waals surface area contributed by atoms with Gasteiger partial charge in [0.2, 0.25) is 17.2 Å². The molecule has 0 spiro atoms. The molecule has 1 aliphatic heterocycles. The van der Waals surface area contributed by atoms with E-state index in [2.05, 4.69) is 5.32 Å². The van der Waals surface area contributed by atoms with Gasteiger partial charge in [-0.05, 0) is 42.3 Å². The summed E-state index contributed by atoms with van der Waals surface area (Å²) in [5, 5.41) is 55.2. The average Bonchev–Trinajstić information content (AvgIpc) is 3.25. The number of fused-ring (bicyclic) bond motifs is 3. The number of nitrogens with zero attached hydrogens (tertiary/aromatic N) is 1. The molecule has 2 atom stereocenters. The van der Waals surface area contributed by atoms with Crippen LogP contribution in [0.3, 0.4) is 0 Å². The molecule has 0 bridgehead atoms. The van der Waals surface area contributed by atoms with E-state index < -0.39 is 28.7 Å². The molecule has 7 nitrogen and oxygen atoms in total. The fourth-order valence-corrected chi connectivity index (χ4v) is 4.89. The van der Waals surface area contributed by atoms with E-state index in [4.69, 9.17) is 0 Å². The average molecular weight is 509 g/mol. The normalized spacial score (nSPS) is 18.3. The number of benzene rings is 3. The maximum atomic E-state index is 10.7. The van der Waals surface area contributed by atoms with E-state index in [1.165, 1.54) is 0 Å². The van der Waals surface area contributed by atoms with Crippen molar-refractivity contribution in [2.24, 2.45) is 0 Å². The van der Waals surface area contributed by atoms with Crippen LogP contribution in [0.25, 0.3) is 6.08 Å². The molecule has 0 saturated heterocycles. The lowest BCUT2D eigenvalue weighted by atomic mass is 9.91. The molecule has 2 unspecified atom stereocenters. The Balaban J connectivity index is 1.55. The van der Waals surface area contributed by atoms with Crippen LogP contribution >= 0.6 is 0 Å². The van der Waals surface area contributed by atoms with E-state index in [1.54, 1.807) is 4.90 Å². The quantitative estimate of drug-likeness (QED) is 0.127. The van der Waals surface area contributed by atoms with E-state index in [1.807, 2.05) is 110 Å². The Labute approximate surface area is 220 Å². The van der Waals surface area contributed by atoms with Gasteiger partial charge in [0.05, 0.1) is 6.04 Å². The number of anilines is 3. The Kier molecular flexibility index (Phi) is 6.58. The molecular formula is C31H28N2O5. The maximum Gasteiger partial charge on any atom is 0.208 e. The summed E-state index contributed by atoms with van der Waals surface area (Å²) in [6.45, 7) is 1.93. The van der Waals surface area contributed by atoms with Gasteiger partial charge in [-0.3, -0.25) is 0 Å². The molecule has 0 amide bonds. The topological polar surface area (TPSA) is 116 Å². The number of nitrogens with one attached hydrogen (secondary N) is 1. The summed E-state index contributed by atoms with van der Waals surface area (Å²) < 4.78 is 0. The maximum absolute atomic E-state index is 10.7. The van der Waals surface area contributed by atoms with Crippen LogP contribution in [0.4, 0.5) is 17.1 Å². The molecule has 3 aromatic carbocycles. The fourth-order valence-electron chi connectivity index (χ4n) is 4.89. The van der Waals surface area contributed by atoms with Crippen LogP contribution in [0.5, 0.6) is 28.7 Å². The first-order valence-electron chi connectivity index (χ1n) is 12.2. The molecule has 7 heteroatoms. The van der Waals surface area contributed by atoms with Crippen LogP contribution in [0.2, 0.25) is 0 Å². The van der Waals surface area contributed by atoms with Crippen LogP contribution in [0.15, 0.2) is 103 Å². The SMILES string of the molecule is C\C=C/C(=C\C=C\c1ccccc1)Nc1ccc2c(c1)N(c1c(O)c(O)c(O)c(O)c1O)C1C=CC=CC21. The second-order valence-corrected chi connectivity index (χ2v) is 9.04. The van der Waals surface area contributed by atoms with Gasteiger partial charge < -0.3 is 35.7 Å². The first-order chi connectivity index (χ1) is 18.4. The first kappa shape index (κ1) is 24.6. The third-order valence-corrected chi connectivity index (χ3v) is 6.64. The van der Waals surface area contributed by atoms with Crippen molar-refractivity contribution in [1.29, 1.82) is 0 Å². The summed E-state index contributed by atoms with van der Waals surface area (Å²) in [6, 6.07) is 15.4. The second-order valence-electron chi connectivity index (χ2n) is 9.04. The van der Waals surface area contributed by atoms with E-state index in [0.717, 1.165) is 22.5 Å². The highest BCUT2D eigenvalue weighted by Gasteiger charge is 2.41. The molecule has 0 aromatic heterocycles. The summed E-state index contributed by atoms with van der Waals surface area (Å²) in [5.41, 5.74) is 4.08. The Morgan fingerprint density at radius 2 is 1.53 bits per heavy atom. The number of hydrogen-bond acceptors (Lipinski definition) is 7. The van der Waals surface area contributed by atoms with Gasteiger partial charge in [0.1, 0.15) is 5.69 Å². The van der Waals surface area contributed by atoms with Gasteiger partial charge >= 0.3 is 0 Å². The Morgan fingerprint density at radius 3 is 2.24 bits per heavy atom. The third kappa shape index (κ3) is 4.35. The van der Waals surface area contributed by atoms with Crippen LogP contribution in [-0.4, -0.2) is 31.6 Å². The summed E-state index contributed by atoms with van der Waals surface area (Å²) >= 11 is 0. The molecular weight excluding hydrogens is 480 g/mol. The Morgan fingerprint density at radius 1 is 0.842 bits per heavy atom. The number of phenolic OH excluding ortho intramolecular Hbond substituents is 5. The second kappa shape index (κ2) is 10.1. The number of aromatic hydroxyl groups is 5. The summed E-state index contributed by atoms with van der Waals surface area (Å²) in [6.07, 6.45) is 17.5. The van der Waals surface area contributed by atoms with Gasteiger partial charge in [0.15, 0.2) is 11.5 Å². The molecule has 0 radical (unpaired) electrons. The first-order valence-corrected chi connectivity index (χ1v) is 12.2. The minimum absolute atomic E-state index is 0.0969. The standard InChI is InChI=1S/C31H28N2O5/c1-2-9-20(13-8-12-19-10-4-3-5-11-19)32-21-16-17-23-22-14-6-7-15-24(22)33(25(23)18-21)26-27(34)29(36)31(38)30(37)28(26)35/h2-18,22,24,32,34-38H,1H3/b9-2-,12-8+,20-13+. The van der Waals surface area contributed by atoms with Gasteiger partial charge in [-0.25, -0.2) is 0 Å². The lowest BCUT2D eigenvalue weighted by Gasteiger charge is -2.30. The van der Waals surface area contributed by atoms with Crippen LogP contribution in [0.1, 0.15) is 24.0 Å². The monoisotopic (exact) mass is 508 g/mol. The van der Waals surface area contributed by atoms with Gasteiger partial charge in [-0.2, -0.15) is 0 Å². The number of allylic oxidation sites excluding steroid dienone is 6. The van der Waals surface area contributed by atoms with E-state index in [-0.39, 0.29) is 17.6 Å². The molecule has 1 aliphatic carbocycles. The highest BCUT2D eigenvalue weighted by atomic mass is 16.4. The van der Waals surface area contributed by atoms with Crippen LogP contribution in [0, 0.1) is 0 Å². The van der Waals surface area contributed by atoms with E-state index in [9.17, 15) is 25.5 Å². The van der Waals surface area contributed by atoms with Crippen molar-refractivity contribution >= 4 is 23.1 Å². The predicted molar refractivity (Wildman–Crippen MR) is 150 cm³/mol. The Hall–Kier alpha value is -5.04. The highest BCUT2D eigenvalue weighted by Crippen LogP contribution is 2.60. The molecule has 0 saturated carbocycles. The summed E-state index contributed by atoms with van der Waals surface area (Å²) in [7, 11) is 0. The Bertz CT molecular complexity index is 1490. The van der Waals surface area contributed by atoms with Gasteiger partial charge in [-0.1, -0.05) is 78.9 Å². The zero-order valence-electron chi connectivity index (χ0n) is 20.7. The summed E-state index contributed by atoms with van der Waals surface area (Å²) in [4.78, 5) is 1.66. The van der Waals surface area contributed by atoms with Crippen molar-refractivity contribution in [3.05, 3.63) is 114 Å².